The van der Waals surface area contributed by atoms with Crippen LogP contribution in [0.15, 0.2) is 64.1 Å². The van der Waals surface area contributed by atoms with Crippen molar-refractivity contribution >= 4 is 11.9 Å². The van der Waals surface area contributed by atoms with Crippen molar-refractivity contribution in [3.63, 3.8) is 0 Å². The predicted octanol–water partition coefficient (Wildman–Crippen LogP) is 7.96. The molecule has 3 spiro atoms. The number of piperidine rings is 3. The zero-order valence-electron chi connectivity index (χ0n) is 33.7. The predicted molar refractivity (Wildman–Crippen MR) is 213 cm³/mol. The maximum atomic E-state index is 15.8. The fourth-order valence-corrected chi connectivity index (χ4v) is 17.2. The minimum atomic E-state index is -0.946. The SMILES string of the molecule is C[C@@H]1CCC2=C[C@@H]3[C@H]4C5=C2[C@]26C(=O)O/C(=C\[C@@H]7CC[C@@H]8[C@H]9C[C@@H](CN8[C@@H]7C)[C@@H]7CCC(=C4N7C9)C[C@H]3C)[C@@]2(CC5)[C@]2(OC(=O)c3c(CCCN)cccc32)[C@H]6C1. The van der Waals surface area contributed by atoms with Crippen molar-refractivity contribution in [3.05, 3.63) is 80.8 Å². The maximum absolute atomic E-state index is 15.8. The average Bonchev–Trinajstić information content (AvgIpc) is 3.63. The maximum Gasteiger partial charge on any atom is 0.339 e. The lowest BCUT2D eigenvalue weighted by Gasteiger charge is -2.72. The summed E-state index contributed by atoms with van der Waals surface area (Å²) in [5.74, 6) is 3.84. The van der Waals surface area contributed by atoms with E-state index in [1.807, 2.05) is 0 Å². The van der Waals surface area contributed by atoms with E-state index in [0.717, 1.165) is 73.8 Å². The molecule has 10 bridgehead atoms. The summed E-state index contributed by atoms with van der Waals surface area (Å²) in [5.41, 5.74) is 14.0. The molecule has 14 rings (SSSR count). The van der Waals surface area contributed by atoms with Gasteiger partial charge in [0.15, 0.2) is 5.60 Å². The summed E-state index contributed by atoms with van der Waals surface area (Å²) >= 11 is 0. The first-order valence-corrected chi connectivity index (χ1v) is 22.9. The summed E-state index contributed by atoms with van der Waals surface area (Å²) in [6.07, 6.45) is 18.8. The van der Waals surface area contributed by atoms with Crippen molar-refractivity contribution < 1.29 is 19.1 Å². The standard InChI is InChI=1S/C49H59N3O4/c1-25-9-10-30-21-35-26(2)19-31-12-14-38-32-20-33-24-52(38)44(31)42(35)34-15-16-47-40(22-29-11-13-37(33)51(23-32)27(29)3)55-46(54)48(47,43(30)34)39(18-25)49(47)36-8-4-6-28(7-5-17-50)41(36)45(53)56-49/h4,6,8,21-22,25-27,29,32-33,35,37-39,42H,5,7,9-20,23-24,50H2,1-3H3/b40-22-/t25-,26-,27-,29+,32+,33+,35+,37-,38+,39+,42-,47-,48-,49-/m1/s1. The zero-order valence-corrected chi connectivity index (χ0v) is 33.7. The van der Waals surface area contributed by atoms with E-state index < -0.39 is 16.4 Å². The third kappa shape index (κ3) is 3.62. The lowest BCUT2D eigenvalue weighted by molar-refractivity contribution is -0.279. The normalized spacial score (nSPS) is 49.2. The second kappa shape index (κ2) is 11.1. The molecule has 1 aromatic rings. The van der Waals surface area contributed by atoms with Crippen LogP contribution in [0.3, 0.4) is 0 Å². The summed E-state index contributed by atoms with van der Waals surface area (Å²) in [4.78, 5) is 36.4. The Morgan fingerprint density at radius 1 is 0.946 bits per heavy atom. The van der Waals surface area contributed by atoms with Crippen LogP contribution in [0.2, 0.25) is 0 Å². The largest absolute Gasteiger partial charge is 0.449 e. The highest BCUT2D eigenvalue weighted by molar-refractivity contribution is 6.00. The highest BCUT2D eigenvalue weighted by atomic mass is 16.6. The van der Waals surface area contributed by atoms with Crippen molar-refractivity contribution in [2.45, 2.75) is 128 Å². The van der Waals surface area contributed by atoms with E-state index >= 15 is 4.79 Å². The molecule has 8 heterocycles. The van der Waals surface area contributed by atoms with Crippen molar-refractivity contribution in [1.82, 2.24) is 9.80 Å². The van der Waals surface area contributed by atoms with Gasteiger partial charge in [0.25, 0.3) is 0 Å². The van der Waals surface area contributed by atoms with Gasteiger partial charge >= 0.3 is 11.9 Å². The van der Waals surface area contributed by atoms with E-state index in [4.69, 9.17) is 15.2 Å². The number of aryl methyl sites for hydroxylation is 1. The van der Waals surface area contributed by atoms with Gasteiger partial charge in [-0.3, -0.25) is 9.69 Å². The molecule has 6 fully saturated rings. The van der Waals surface area contributed by atoms with Crippen LogP contribution in [0.25, 0.3) is 0 Å². The Bertz CT molecular complexity index is 2150. The smallest absolute Gasteiger partial charge is 0.339 e. The van der Waals surface area contributed by atoms with Gasteiger partial charge in [-0.1, -0.05) is 49.3 Å². The van der Waals surface area contributed by atoms with Gasteiger partial charge in [-0.2, -0.15) is 0 Å². The van der Waals surface area contributed by atoms with Gasteiger partial charge in [0.05, 0.1) is 11.0 Å². The quantitative estimate of drug-likeness (QED) is 0.314. The Kier molecular flexibility index (Phi) is 6.70. The number of benzene rings is 1. The van der Waals surface area contributed by atoms with Crippen LogP contribution in [0.1, 0.15) is 119 Å². The highest BCUT2D eigenvalue weighted by Gasteiger charge is 2.93. The second-order valence-electron chi connectivity index (χ2n) is 21.0. The topological polar surface area (TPSA) is 85.1 Å². The lowest BCUT2D eigenvalue weighted by atomic mass is 9.28. The monoisotopic (exact) mass is 753 g/mol. The highest BCUT2D eigenvalue weighted by Crippen LogP contribution is 2.88. The van der Waals surface area contributed by atoms with E-state index in [0.29, 0.717) is 60.2 Å². The molecule has 2 saturated carbocycles. The molecule has 56 heavy (non-hydrogen) atoms. The van der Waals surface area contributed by atoms with Crippen LogP contribution in [0.5, 0.6) is 0 Å². The molecule has 294 valence electrons. The first-order chi connectivity index (χ1) is 27.2. The molecule has 0 amide bonds. The zero-order chi connectivity index (χ0) is 37.6. The Hall–Kier alpha value is -3.16. The number of esters is 2. The van der Waals surface area contributed by atoms with Gasteiger partial charge in [-0.05, 0) is 155 Å². The van der Waals surface area contributed by atoms with Gasteiger partial charge in [-0.15, -0.1) is 0 Å². The Morgan fingerprint density at radius 3 is 2.70 bits per heavy atom. The molecule has 1 aromatic carbocycles. The van der Waals surface area contributed by atoms with Crippen LogP contribution < -0.4 is 5.73 Å². The number of fused-ring (bicyclic) bond motifs is 4. The van der Waals surface area contributed by atoms with Gasteiger partial charge in [0.1, 0.15) is 11.2 Å². The third-order valence-electron chi connectivity index (χ3n) is 19.1. The molecule has 7 nitrogen and oxygen atoms in total. The summed E-state index contributed by atoms with van der Waals surface area (Å²) in [7, 11) is 0. The molecule has 4 saturated heterocycles. The first-order valence-electron chi connectivity index (χ1n) is 22.9. The van der Waals surface area contributed by atoms with E-state index in [9.17, 15) is 4.79 Å². The number of carbonyl (C=O) groups is 2. The van der Waals surface area contributed by atoms with Crippen LogP contribution in [0.4, 0.5) is 0 Å². The molecular formula is C49H59N3O4. The molecule has 0 radical (unpaired) electrons. The van der Waals surface area contributed by atoms with Crippen LogP contribution in [-0.2, 0) is 26.3 Å². The average molecular weight is 754 g/mol. The van der Waals surface area contributed by atoms with Crippen molar-refractivity contribution in [2.24, 2.45) is 63.9 Å². The van der Waals surface area contributed by atoms with Crippen molar-refractivity contribution in [1.29, 1.82) is 0 Å². The van der Waals surface area contributed by atoms with Crippen molar-refractivity contribution in [3.8, 4) is 0 Å². The fraction of sp³-hybridized carbons (Fsp3) is 0.673. The van der Waals surface area contributed by atoms with Gasteiger partial charge in [0, 0.05) is 54.3 Å². The summed E-state index contributed by atoms with van der Waals surface area (Å²) in [6.45, 7) is 10.4. The Labute approximate surface area is 332 Å². The molecule has 0 aromatic heterocycles. The van der Waals surface area contributed by atoms with E-state index in [1.165, 1.54) is 56.3 Å². The Morgan fingerprint density at radius 2 is 1.82 bits per heavy atom. The number of carbonyl (C=O) groups excluding carboxylic acids is 2. The molecule has 5 aliphatic carbocycles. The molecule has 2 N–H and O–H groups in total. The van der Waals surface area contributed by atoms with Crippen LogP contribution in [-0.4, -0.2) is 59.5 Å². The number of ether oxygens (including phenoxy) is 2. The van der Waals surface area contributed by atoms with Gasteiger partial charge in [-0.25, -0.2) is 4.79 Å². The first kappa shape index (κ1) is 33.8. The number of hydrogen-bond acceptors (Lipinski definition) is 7. The minimum Gasteiger partial charge on any atom is -0.449 e. The van der Waals surface area contributed by atoms with Crippen LogP contribution in [0, 0.1) is 58.2 Å². The number of nitrogens with zero attached hydrogens (tertiary/aromatic N) is 2. The molecule has 8 aliphatic heterocycles. The molecule has 15 atom stereocenters. The van der Waals surface area contributed by atoms with E-state index in [2.05, 4.69) is 60.9 Å². The second-order valence-corrected chi connectivity index (χ2v) is 21.0. The number of hydrogen-bond donors (Lipinski definition) is 1. The number of rotatable bonds is 3. The van der Waals surface area contributed by atoms with E-state index in [-0.39, 0.29) is 23.8 Å². The molecule has 13 aliphatic rings. The third-order valence-corrected chi connectivity index (χ3v) is 19.1. The lowest BCUT2D eigenvalue weighted by Crippen LogP contribution is -2.77. The molecule has 1 unspecified atom stereocenters. The summed E-state index contributed by atoms with van der Waals surface area (Å²) in [5, 5.41) is 0. The van der Waals surface area contributed by atoms with Crippen LogP contribution >= 0.6 is 0 Å². The number of nitrogens with two attached hydrogens (primary N) is 1. The van der Waals surface area contributed by atoms with E-state index in [1.54, 1.807) is 16.8 Å². The number of allylic oxidation sites excluding steroid dienone is 4. The summed E-state index contributed by atoms with van der Waals surface area (Å²) < 4.78 is 14.2. The van der Waals surface area contributed by atoms with Gasteiger partial charge < -0.3 is 20.1 Å². The molecule has 7 heteroatoms. The summed E-state index contributed by atoms with van der Waals surface area (Å²) in [6, 6.07) is 8.05. The Balaban J connectivity index is 1.12. The fourth-order valence-electron chi connectivity index (χ4n) is 17.2. The van der Waals surface area contributed by atoms with Gasteiger partial charge in [0.2, 0.25) is 0 Å². The van der Waals surface area contributed by atoms with Crippen molar-refractivity contribution in [2.75, 3.05) is 19.6 Å². The molecular weight excluding hydrogens is 695 g/mol. The minimum absolute atomic E-state index is 0.0520.